The Morgan fingerprint density at radius 1 is 1.07 bits per heavy atom. The molecule has 1 aromatic carbocycles. The second kappa shape index (κ2) is 9.68. The van der Waals surface area contributed by atoms with E-state index in [0.717, 1.165) is 38.9 Å². The van der Waals surface area contributed by atoms with Crippen LogP contribution in [0.5, 0.6) is 0 Å². The SMILES string of the molecule is CSc1nc(C)c(CCC(=O)N(C)CC(=O)Nc2c(C)cccc2C)c(C)n1. The van der Waals surface area contributed by atoms with E-state index in [4.69, 9.17) is 0 Å². The maximum atomic E-state index is 12.5. The van der Waals surface area contributed by atoms with Gasteiger partial charge in [-0.2, -0.15) is 0 Å². The lowest BCUT2D eigenvalue weighted by atomic mass is 10.1. The van der Waals surface area contributed by atoms with Crippen molar-refractivity contribution in [3.05, 3.63) is 46.3 Å². The highest BCUT2D eigenvalue weighted by molar-refractivity contribution is 7.98. The summed E-state index contributed by atoms with van der Waals surface area (Å²) >= 11 is 1.50. The fourth-order valence-corrected chi connectivity index (χ4v) is 3.54. The molecule has 0 aliphatic rings. The lowest BCUT2D eigenvalue weighted by molar-refractivity contribution is -0.133. The van der Waals surface area contributed by atoms with Crippen molar-refractivity contribution in [3.63, 3.8) is 0 Å². The van der Waals surface area contributed by atoms with Gasteiger partial charge in [-0.15, -0.1) is 0 Å². The number of para-hydroxylation sites is 1. The number of nitrogens with zero attached hydrogens (tertiary/aromatic N) is 3. The van der Waals surface area contributed by atoms with Crippen molar-refractivity contribution in [1.82, 2.24) is 14.9 Å². The van der Waals surface area contributed by atoms with Crippen LogP contribution in [0, 0.1) is 27.7 Å². The zero-order chi connectivity index (χ0) is 20.8. The zero-order valence-electron chi connectivity index (χ0n) is 17.4. The third kappa shape index (κ3) is 5.55. The van der Waals surface area contributed by atoms with Crippen LogP contribution in [0.4, 0.5) is 5.69 Å². The lowest BCUT2D eigenvalue weighted by Crippen LogP contribution is -2.35. The first kappa shape index (κ1) is 21.9. The van der Waals surface area contributed by atoms with E-state index in [1.54, 1.807) is 7.05 Å². The summed E-state index contributed by atoms with van der Waals surface area (Å²) in [6.45, 7) is 7.80. The van der Waals surface area contributed by atoms with Gasteiger partial charge in [0.05, 0.1) is 6.54 Å². The molecule has 0 saturated carbocycles. The van der Waals surface area contributed by atoms with E-state index < -0.39 is 0 Å². The Labute approximate surface area is 171 Å². The van der Waals surface area contributed by atoms with Gasteiger partial charge in [0.2, 0.25) is 11.8 Å². The number of carbonyl (C=O) groups excluding carboxylic acids is 2. The van der Waals surface area contributed by atoms with E-state index in [1.165, 1.54) is 16.7 Å². The largest absolute Gasteiger partial charge is 0.336 e. The summed E-state index contributed by atoms with van der Waals surface area (Å²) in [5, 5.41) is 3.65. The Bertz CT molecular complexity index is 839. The third-order valence-electron chi connectivity index (χ3n) is 4.72. The Morgan fingerprint density at radius 2 is 1.64 bits per heavy atom. The number of carbonyl (C=O) groups is 2. The summed E-state index contributed by atoms with van der Waals surface area (Å²) in [6, 6.07) is 5.86. The number of hydrogen-bond donors (Lipinski definition) is 1. The molecule has 0 spiro atoms. The van der Waals surface area contributed by atoms with Gasteiger partial charge in [-0.3, -0.25) is 9.59 Å². The number of rotatable bonds is 7. The van der Waals surface area contributed by atoms with E-state index in [2.05, 4.69) is 15.3 Å². The molecule has 0 bridgehead atoms. The molecule has 6 nitrogen and oxygen atoms in total. The third-order valence-corrected chi connectivity index (χ3v) is 5.27. The number of likely N-dealkylation sites (N-methyl/N-ethyl adjacent to an activating group) is 1. The second-order valence-corrected chi connectivity index (χ2v) is 7.70. The minimum atomic E-state index is -0.201. The normalized spacial score (nSPS) is 10.6. The van der Waals surface area contributed by atoms with Crippen molar-refractivity contribution in [2.45, 2.75) is 45.7 Å². The average Bonchev–Trinajstić information content (AvgIpc) is 2.63. The molecule has 0 radical (unpaired) electrons. The summed E-state index contributed by atoms with van der Waals surface area (Å²) in [5.41, 5.74) is 5.62. The molecule has 1 aromatic heterocycles. The van der Waals surface area contributed by atoms with Crippen molar-refractivity contribution < 1.29 is 9.59 Å². The summed E-state index contributed by atoms with van der Waals surface area (Å²) in [4.78, 5) is 35.2. The lowest BCUT2D eigenvalue weighted by Gasteiger charge is -2.18. The van der Waals surface area contributed by atoms with Gasteiger partial charge >= 0.3 is 0 Å². The fourth-order valence-electron chi connectivity index (χ4n) is 3.08. The number of anilines is 1. The molecule has 0 fully saturated rings. The number of hydrogen-bond acceptors (Lipinski definition) is 5. The minimum Gasteiger partial charge on any atom is -0.336 e. The van der Waals surface area contributed by atoms with Gasteiger partial charge in [-0.1, -0.05) is 30.0 Å². The van der Waals surface area contributed by atoms with Crippen molar-refractivity contribution in [2.24, 2.45) is 0 Å². The number of amides is 2. The second-order valence-electron chi connectivity index (χ2n) is 6.92. The minimum absolute atomic E-state index is 0.0203. The van der Waals surface area contributed by atoms with E-state index in [9.17, 15) is 9.59 Å². The first-order valence-electron chi connectivity index (χ1n) is 9.21. The molecule has 2 rings (SSSR count). The highest BCUT2D eigenvalue weighted by Gasteiger charge is 2.16. The first-order chi connectivity index (χ1) is 13.2. The van der Waals surface area contributed by atoms with Gasteiger partial charge in [0, 0.05) is 30.5 Å². The molecule has 2 aromatic rings. The van der Waals surface area contributed by atoms with Crippen LogP contribution in [0.1, 0.15) is 34.5 Å². The number of nitrogens with one attached hydrogen (secondary N) is 1. The van der Waals surface area contributed by atoms with Crippen LogP contribution < -0.4 is 5.32 Å². The van der Waals surface area contributed by atoms with E-state index >= 15 is 0 Å². The summed E-state index contributed by atoms with van der Waals surface area (Å²) in [7, 11) is 1.65. The molecule has 0 saturated heterocycles. The van der Waals surface area contributed by atoms with Crippen LogP contribution in [0.25, 0.3) is 0 Å². The van der Waals surface area contributed by atoms with E-state index in [0.29, 0.717) is 12.8 Å². The van der Waals surface area contributed by atoms with Crippen LogP contribution in [-0.2, 0) is 16.0 Å². The number of benzene rings is 1. The number of thioether (sulfide) groups is 1. The molecule has 150 valence electrons. The van der Waals surface area contributed by atoms with Crippen molar-refractivity contribution in [2.75, 3.05) is 25.2 Å². The fraction of sp³-hybridized carbons (Fsp3) is 0.429. The molecule has 7 heteroatoms. The quantitative estimate of drug-likeness (QED) is 0.569. The van der Waals surface area contributed by atoms with Crippen LogP contribution in [0.15, 0.2) is 23.4 Å². The molecular formula is C21H28N4O2S. The maximum Gasteiger partial charge on any atom is 0.243 e. The molecule has 0 unspecified atom stereocenters. The molecule has 2 amide bonds. The van der Waals surface area contributed by atoms with Gasteiger partial charge in [0.25, 0.3) is 0 Å². The van der Waals surface area contributed by atoms with Crippen molar-refractivity contribution in [1.29, 1.82) is 0 Å². The predicted molar refractivity (Wildman–Crippen MR) is 114 cm³/mol. The monoisotopic (exact) mass is 400 g/mol. The van der Waals surface area contributed by atoms with Crippen LogP contribution in [0.3, 0.4) is 0 Å². The highest BCUT2D eigenvalue weighted by Crippen LogP contribution is 2.20. The summed E-state index contributed by atoms with van der Waals surface area (Å²) in [5.74, 6) is -0.280. The van der Waals surface area contributed by atoms with Crippen LogP contribution in [0.2, 0.25) is 0 Å². The van der Waals surface area contributed by atoms with Gasteiger partial charge in [-0.25, -0.2) is 9.97 Å². The first-order valence-corrected chi connectivity index (χ1v) is 10.4. The molecule has 0 atom stereocenters. The van der Waals surface area contributed by atoms with Crippen LogP contribution in [-0.4, -0.2) is 46.5 Å². The number of aryl methyl sites for hydroxylation is 4. The predicted octanol–water partition coefficient (Wildman–Crippen LogP) is 3.46. The smallest absolute Gasteiger partial charge is 0.243 e. The molecular weight excluding hydrogens is 372 g/mol. The van der Waals surface area contributed by atoms with E-state index in [-0.39, 0.29) is 18.4 Å². The van der Waals surface area contributed by atoms with Gasteiger partial charge in [0.15, 0.2) is 5.16 Å². The molecule has 1 N–H and O–H groups in total. The van der Waals surface area contributed by atoms with Crippen LogP contribution >= 0.6 is 11.8 Å². The summed E-state index contributed by atoms with van der Waals surface area (Å²) in [6.07, 6.45) is 2.82. The number of aromatic nitrogens is 2. The Kier molecular flexibility index (Phi) is 7.57. The van der Waals surface area contributed by atoms with E-state index in [1.807, 2.05) is 52.1 Å². The van der Waals surface area contributed by atoms with Crippen molar-refractivity contribution >= 4 is 29.3 Å². The molecule has 1 heterocycles. The molecule has 28 heavy (non-hydrogen) atoms. The Morgan fingerprint density at radius 3 is 2.18 bits per heavy atom. The summed E-state index contributed by atoms with van der Waals surface area (Å²) < 4.78 is 0. The van der Waals surface area contributed by atoms with Gasteiger partial charge < -0.3 is 10.2 Å². The van der Waals surface area contributed by atoms with Crippen molar-refractivity contribution in [3.8, 4) is 0 Å². The maximum absolute atomic E-state index is 12.5. The van der Waals surface area contributed by atoms with Gasteiger partial charge in [-0.05, 0) is 57.1 Å². The molecule has 0 aliphatic heterocycles. The van der Waals surface area contributed by atoms with Gasteiger partial charge in [0.1, 0.15) is 0 Å². The Balaban J connectivity index is 1.93. The topological polar surface area (TPSA) is 75.2 Å². The molecule has 0 aliphatic carbocycles. The standard InChI is InChI=1S/C21H28N4O2S/c1-13-8-7-9-14(2)20(13)24-18(26)12-25(5)19(27)11-10-17-15(3)22-21(28-6)23-16(17)4/h7-9H,10-12H2,1-6H3,(H,24,26). The zero-order valence-corrected chi connectivity index (χ0v) is 18.2. The average molecular weight is 401 g/mol. The Hall–Kier alpha value is -2.41. The highest BCUT2D eigenvalue weighted by atomic mass is 32.2.